The number of aromatic nitrogens is 1. The highest BCUT2D eigenvalue weighted by Crippen LogP contribution is 2.23. The smallest absolute Gasteiger partial charge is 0.410 e. The van der Waals surface area contributed by atoms with Crippen LogP contribution in [0.5, 0.6) is 11.6 Å². The first-order valence-electron chi connectivity index (χ1n) is 9.96. The lowest BCUT2D eigenvalue weighted by Gasteiger charge is -2.40. The van der Waals surface area contributed by atoms with E-state index in [2.05, 4.69) is 10.3 Å². The van der Waals surface area contributed by atoms with E-state index in [0.29, 0.717) is 37.0 Å². The van der Waals surface area contributed by atoms with Crippen molar-refractivity contribution >= 4 is 17.8 Å². The average molecular weight is 412 g/mol. The number of hydrogen-bond donors (Lipinski definition) is 1. The van der Waals surface area contributed by atoms with Crippen molar-refractivity contribution in [2.75, 3.05) is 25.0 Å². The summed E-state index contributed by atoms with van der Waals surface area (Å²) in [7, 11) is 0. The first kappa shape index (κ1) is 21.4. The lowest BCUT2D eigenvalue weighted by Crippen LogP contribution is -2.57. The molecule has 0 saturated carbocycles. The van der Waals surface area contributed by atoms with Crippen molar-refractivity contribution in [2.24, 2.45) is 0 Å². The molecule has 1 N–H and O–H groups in total. The second kappa shape index (κ2) is 9.02. The Balaban J connectivity index is 1.57. The topological polar surface area (TPSA) is 84.0 Å². The highest BCUT2D eigenvalue weighted by Gasteiger charge is 2.32. The third-order valence-electron chi connectivity index (χ3n) is 4.49. The zero-order valence-corrected chi connectivity index (χ0v) is 17.8. The molecular weight excluding hydrogens is 384 g/mol. The van der Waals surface area contributed by atoms with E-state index in [4.69, 9.17) is 9.47 Å². The summed E-state index contributed by atoms with van der Waals surface area (Å²) in [5.41, 5.74) is 0.0761. The number of urea groups is 1. The fourth-order valence-electron chi connectivity index (χ4n) is 3.11. The maximum Gasteiger partial charge on any atom is 0.410 e. The second-order valence-electron chi connectivity index (χ2n) is 8.20. The summed E-state index contributed by atoms with van der Waals surface area (Å²) in [4.78, 5) is 32.5. The van der Waals surface area contributed by atoms with Gasteiger partial charge >= 0.3 is 12.1 Å². The van der Waals surface area contributed by atoms with Gasteiger partial charge in [-0.1, -0.05) is 12.1 Å². The van der Waals surface area contributed by atoms with Crippen LogP contribution in [0, 0.1) is 0 Å². The van der Waals surface area contributed by atoms with Gasteiger partial charge in [-0.05, 0) is 45.9 Å². The van der Waals surface area contributed by atoms with Crippen molar-refractivity contribution in [3.05, 3.63) is 48.7 Å². The fourth-order valence-corrected chi connectivity index (χ4v) is 3.11. The maximum absolute atomic E-state index is 12.8. The van der Waals surface area contributed by atoms with Gasteiger partial charge in [-0.3, -0.25) is 0 Å². The number of carbonyl (C=O) groups is 2. The number of nitrogens with one attached hydrogen (secondary N) is 1. The molecule has 1 aliphatic rings. The molecule has 0 radical (unpaired) electrons. The summed E-state index contributed by atoms with van der Waals surface area (Å²) in [6.07, 6.45) is 1.30. The van der Waals surface area contributed by atoms with E-state index in [9.17, 15) is 9.59 Å². The third kappa shape index (κ3) is 5.85. The Kier molecular flexibility index (Phi) is 6.44. The average Bonchev–Trinajstić information content (AvgIpc) is 2.67. The molecule has 3 amide bonds. The summed E-state index contributed by atoms with van der Waals surface area (Å²) in [6.45, 7) is 8.70. The molecule has 1 aromatic heterocycles. The maximum atomic E-state index is 12.8. The van der Waals surface area contributed by atoms with E-state index >= 15 is 0 Å². The molecule has 1 aromatic carbocycles. The third-order valence-corrected chi connectivity index (χ3v) is 4.49. The Morgan fingerprint density at radius 2 is 1.93 bits per heavy atom. The molecule has 0 bridgehead atoms. The van der Waals surface area contributed by atoms with Gasteiger partial charge in [0.2, 0.25) is 5.88 Å². The van der Waals surface area contributed by atoms with Crippen molar-refractivity contribution in [3.8, 4) is 11.6 Å². The Morgan fingerprint density at radius 1 is 1.13 bits per heavy atom. The number of anilines is 1. The first-order valence-corrected chi connectivity index (χ1v) is 9.96. The molecule has 8 nitrogen and oxygen atoms in total. The lowest BCUT2D eigenvalue weighted by atomic mass is 10.2. The van der Waals surface area contributed by atoms with Gasteiger partial charge in [0.05, 0.1) is 0 Å². The van der Waals surface area contributed by atoms with E-state index in [-0.39, 0.29) is 18.2 Å². The predicted octanol–water partition coefficient (Wildman–Crippen LogP) is 4.35. The zero-order chi connectivity index (χ0) is 21.7. The zero-order valence-electron chi connectivity index (χ0n) is 17.8. The van der Waals surface area contributed by atoms with Crippen LogP contribution in [0.25, 0.3) is 0 Å². The van der Waals surface area contributed by atoms with Crippen LogP contribution in [0.2, 0.25) is 0 Å². The number of pyridine rings is 1. The largest absolute Gasteiger partial charge is 0.444 e. The number of benzene rings is 1. The SMILES string of the molecule is C[C@H]1CN(C(=O)OC(C)(C)C)CCN1C(=O)Nc1cccc(Oc2ccccn2)c1. The normalized spacial score (nSPS) is 16.7. The molecule has 1 atom stereocenters. The predicted molar refractivity (Wildman–Crippen MR) is 114 cm³/mol. The van der Waals surface area contributed by atoms with E-state index in [1.165, 1.54) is 0 Å². The first-order chi connectivity index (χ1) is 14.2. The van der Waals surface area contributed by atoms with Gasteiger partial charge in [-0.2, -0.15) is 0 Å². The molecule has 0 spiro atoms. The summed E-state index contributed by atoms with van der Waals surface area (Å²) >= 11 is 0. The summed E-state index contributed by atoms with van der Waals surface area (Å²) < 4.78 is 11.1. The van der Waals surface area contributed by atoms with Gasteiger partial charge in [0.15, 0.2) is 0 Å². The van der Waals surface area contributed by atoms with Gasteiger partial charge in [-0.15, -0.1) is 0 Å². The number of carbonyl (C=O) groups excluding carboxylic acids is 2. The van der Waals surface area contributed by atoms with Gasteiger partial charge in [0.1, 0.15) is 11.4 Å². The van der Waals surface area contributed by atoms with E-state index in [1.54, 1.807) is 46.3 Å². The van der Waals surface area contributed by atoms with Crippen molar-refractivity contribution in [1.82, 2.24) is 14.8 Å². The molecule has 2 aromatic rings. The molecule has 1 saturated heterocycles. The monoisotopic (exact) mass is 412 g/mol. The number of nitrogens with zero attached hydrogens (tertiary/aromatic N) is 3. The Bertz CT molecular complexity index is 882. The van der Waals surface area contributed by atoms with Crippen LogP contribution >= 0.6 is 0 Å². The Labute approximate surface area is 176 Å². The van der Waals surface area contributed by atoms with Crippen LogP contribution in [0.4, 0.5) is 15.3 Å². The minimum atomic E-state index is -0.544. The van der Waals surface area contributed by atoms with Crippen LogP contribution in [0.15, 0.2) is 48.7 Å². The molecule has 3 rings (SSSR count). The molecule has 0 aliphatic carbocycles. The molecule has 160 valence electrons. The molecular formula is C22H28N4O4. The van der Waals surface area contributed by atoms with Crippen LogP contribution in [-0.2, 0) is 4.74 Å². The van der Waals surface area contributed by atoms with Crippen LogP contribution in [-0.4, -0.2) is 58.2 Å². The van der Waals surface area contributed by atoms with Gasteiger partial charge in [0.25, 0.3) is 0 Å². The van der Waals surface area contributed by atoms with E-state index in [0.717, 1.165) is 0 Å². The molecule has 30 heavy (non-hydrogen) atoms. The summed E-state index contributed by atoms with van der Waals surface area (Å²) in [6, 6.07) is 12.2. The Hall–Kier alpha value is -3.29. The molecule has 1 aliphatic heterocycles. The summed E-state index contributed by atoms with van der Waals surface area (Å²) in [5.74, 6) is 1.06. The van der Waals surface area contributed by atoms with Crippen LogP contribution in [0.3, 0.4) is 0 Å². The van der Waals surface area contributed by atoms with Crippen molar-refractivity contribution in [1.29, 1.82) is 0 Å². The minimum absolute atomic E-state index is 0.140. The number of hydrogen-bond acceptors (Lipinski definition) is 5. The molecule has 8 heteroatoms. The highest BCUT2D eigenvalue weighted by atomic mass is 16.6. The molecule has 0 unspecified atom stereocenters. The van der Waals surface area contributed by atoms with Crippen molar-refractivity contribution < 1.29 is 19.1 Å². The van der Waals surface area contributed by atoms with Gasteiger partial charge < -0.3 is 24.6 Å². The standard InChI is InChI=1S/C22H28N4O4/c1-16-15-25(21(28)30-22(2,3)4)12-13-26(16)20(27)24-17-8-7-9-18(14-17)29-19-10-5-6-11-23-19/h5-11,14,16H,12-13,15H2,1-4H3,(H,24,27)/t16-/m0/s1. The second-order valence-corrected chi connectivity index (χ2v) is 8.20. The number of piperazine rings is 1. The van der Waals surface area contributed by atoms with Gasteiger partial charge in [0, 0.05) is 49.7 Å². The quantitative estimate of drug-likeness (QED) is 0.810. The lowest BCUT2D eigenvalue weighted by molar-refractivity contribution is 0.0112. The number of rotatable bonds is 3. The van der Waals surface area contributed by atoms with Crippen molar-refractivity contribution in [2.45, 2.75) is 39.3 Å². The van der Waals surface area contributed by atoms with Crippen LogP contribution in [0.1, 0.15) is 27.7 Å². The molecule has 2 heterocycles. The van der Waals surface area contributed by atoms with Gasteiger partial charge in [-0.25, -0.2) is 14.6 Å². The minimum Gasteiger partial charge on any atom is -0.444 e. The highest BCUT2D eigenvalue weighted by molar-refractivity contribution is 5.90. The number of ether oxygens (including phenoxy) is 2. The van der Waals surface area contributed by atoms with Crippen LogP contribution < -0.4 is 10.1 Å². The Morgan fingerprint density at radius 3 is 2.60 bits per heavy atom. The van der Waals surface area contributed by atoms with E-state index < -0.39 is 5.60 Å². The summed E-state index contributed by atoms with van der Waals surface area (Å²) in [5, 5.41) is 2.90. The van der Waals surface area contributed by atoms with Crippen molar-refractivity contribution in [3.63, 3.8) is 0 Å². The number of amides is 3. The molecule has 1 fully saturated rings. The fraction of sp³-hybridized carbons (Fsp3) is 0.409. The van der Waals surface area contributed by atoms with E-state index in [1.807, 2.05) is 39.8 Å².